The lowest BCUT2D eigenvalue weighted by atomic mass is 10.1. The fourth-order valence-corrected chi connectivity index (χ4v) is 2.53. The molecule has 0 spiro atoms. The largest absolute Gasteiger partial charge is 0.466 e. The standard InChI is InChI=1S/C16H19NO2/c1-2-19-16(18)8-10-17-9-7-14-11-13(12-3-4-12)5-6-15(14)17/h5-7,9,11-12H,2-4,8,10H2,1H3. The summed E-state index contributed by atoms with van der Waals surface area (Å²) < 4.78 is 7.09. The number of nitrogens with zero attached hydrogens (tertiary/aromatic N) is 1. The molecule has 1 aliphatic rings. The molecule has 1 heterocycles. The van der Waals surface area contributed by atoms with Gasteiger partial charge in [-0.25, -0.2) is 0 Å². The summed E-state index contributed by atoms with van der Waals surface area (Å²) in [5.74, 6) is 0.659. The van der Waals surface area contributed by atoms with Gasteiger partial charge in [0.2, 0.25) is 0 Å². The van der Waals surface area contributed by atoms with E-state index in [1.807, 2.05) is 6.92 Å². The number of fused-ring (bicyclic) bond motifs is 1. The van der Waals surface area contributed by atoms with Crippen LogP contribution in [0.4, 0.5) is 0 Å². The van der Waals surface area contributed by atoms with E-state index in [9.17, 15) is 4.79 Å². The van der Waals surface area contributed by atoms with E-state index in [0.717, 1.165) is 5.92 Å². The molecule has 1 aromatic heterocycles. The molecule has 1 aromatic carbocycles. The molecule has 1 fully saturated rings. The van der Waals surface area contributed by atoms with Crippen molar-refractivity contribution >= 4 is 16.9 Å². The minimum absolute atomic E-state index is 0.126. The van der Waals surface area contributed by atoms with Gasteiger partial charge in [0.15, 0.2) is 0 Å². The van der Waals surface area contributed by atoms with Crippen molar-refractivity contribution in [3.63, 3.8) is 0 Å². The van der Waals surface area contributed by atoms with Crippen LogP contribution in [0.5, 0.6) is 0 Å². The van der Waals surface area contributed by atoms with Crippen LogP contribution in [0.3, 0.4) is 0 Å². The molecule has 1 saturated carbocycles. The summed E-state index contributed by atoms with van der Waals surface area (Å²) in [6.07, 6.45) is 5.15. The second-order valence-electron chi connectivity index (χ2n) is 5.16. The average Bonchev–Trinajstić information content (AvgIpc) is 3.18. The minimum atomic E-state index is -0.126. The number of rotatable bonds is 5. The highest BCUT2D eigenvalue weighted by atomic mass is 16.5. The summed E-state index contributed by atoms with van der Waals surface area (Å²) in [7, 11) is 0. The van der Waals surface area contributed by atoms with Gasteiger partial charge in [0, 0.05) is 18.3 Å². The van der Waals surface area contributed by atoms with Crippen LogP contribution < -0.4 is 0 Å². The SMILES string of the molecule is CCOC(=O)CCn1ccc2cc(C3CC3)ccc21. The van der Waals surface area contributed by atoms with Crippen LogP contribution in [0, 0.1) is 0 Å². The number of carbonyl (C=O) groups is 1. The van der Waals surface area contributed by atoms with Gasteiger partial charge in [-0.15, -0.1) is 0 Å². The fourth-order valence-electron chi connectivity index (χ4n) is 2.53. The average molecular weight is 257 g/mol. The monoisotopic (exact) mass is 257 g/mol. The van der Waals surface area contributed by atoms with Gasteiger partial charge in [-0.3, -0.25) is 4.79 Å². The van der Waals surface area contributed by atoms with Gasteiger partial charge in [-0.2, -0.15) is 0 Å². The maximum absolute atomic E-state index is 11.4. The molecule has 0 N–H and O–H groups in total. The number of aryl methyl sites for hydroxylation is 1. The second-order valence-corrected chi connectivity index (χ2v) is 5.16. The maximum atomic E-state index is 11.4. The molecule has 0 radical (unpaired) electrons. The molecule has 1 aliphatic carbocycles. The quantitative estimate of drug-likeness (QED) is 0.768. The van der Waals surface area contributed by atoms with Crippen LogP contribution in [-0.2, 0) is 16.1 Å². The van der Waals surface area contributed by atoms with E-state index in [2.05, 4.69) is 35.0 Å². The Kier molecular flexibility index (Phi) is 3.28. The summed E-state index contributed by atoms with van der Waals surface area (Å²) in [6.45, 7) is 2.98. The maximum Gasteiger partial charge on any atom is 0.307 e. The van der Waals surface area contributed by atoms with E-state index < -0.39 is 0 Å². The highest BCUT2D eigenvalue weighted by molar-refractivity contribution is 5.81. The van der Waals surface area contributed by atoms with Crippen molar-refractivity contribution in [1.82, 2.24) is 4.57 Å². The van der Waals surface area contributed by atoms with E-state index in [1.54, 1.807) is 0 Å². The van der Waals surface area contributed by atoms with Crippen molar-refractivity contribution in [2.45, 2.75) is 38.6 Å². The predicted molar refractivity (Wildman–Crippen MR) is 75.2 cm³/mol. The molecule has 2 aromatic rings. The lowest BCUT2D eigenvalue weighted by molar-refractivity contribution is -0.143. The van der Waals surface area contributed by atoms with Gasteiger partial charge in [0.05, 0.1) is 13.0 Å². The van der Waals surface area contributed by atoms with Gasteiger partial charge in [0.1, 0.15) is 0 Å². The Morgan fingerprint density at radius 3 is 2.95 bits per heavy atom. The molecule has 0 unspecified atom stereocenters. The summed E-state index contributed by atoms with van der Waals surface area (Å²) in [6, 6.07) is 8.81. The third-order valence-electron chi connectivity index (χ3n) is 3.71. The van der Waals surface area contributed by atoms with Crippen molar-refractivity contribution < 1.29 is 9.53 Å². The molecule has 0 atom stereocenters. The van der Waals surface area contributed by atoms with Crippen LogP contribution in [0.2, 0.25) is 0 Å². The lowest BCUT2D eigenvalue weighted by Crippen LogP contribution is -2.08. The van der Waals surface area contributed by atoms with Crippen LogP contribution >= 0.6 is 0 Å². The molecule has 19 heavy (non-hydrogen) atoms. The first-order valence-electron chi connectivity index (χ1n) is 7.02. The summed E-state index contributed by atoms with van der Waals surface area (Å²) in [5.41, 5.74) is 2.66. The lowest BCUT2D eigenvalue weighted by Gasteiger charge is -2.06. The fraction of sp³-hybridized carbons (Fsp3) is 0.438. The first-order valence-corrected chi connectivity index (χ1v) is 7.02. The number of esters is 1. The number of ether oxygens (including phenoxy) is 1. The molecule has 0 saturated heterocycles. The van der Waals surface area contributed by atoms with Crippen molar-refractivity contribution in [3.05, 3.63) is 36.0 Å². The Labute approximate surface area is 113 Å². The molecular weight excluding hydrogens is 238 g/mol. The molecule has 0 amide bonds. The van der Waals surface area contributed by atoms with Gasteiger partial charge < -0.3 is 9.30 Å². The van der Waals surface area contributed by atoms with Crippen LogP contribution in [0.1, 0.15) is 37.7 Å². The molecule has 3 nitrogen and oxygen atoms in total. The van der Waals surface area contributed by atoms with Crippen LogP contribution in [-0.4, -0.2) is 17.1 Å². The zero-order valence-corrected chi connectivity index (χ0v) is 11.3. The first kappa shape index (κ1) is 12.3. The topological polar surface area (TPSA) is 31.2 Å². The van der Waals surface area contributed by atoms with E-state index in [0.29, 0.717) is 19.6 Å². The zero-order valence-electron chi connectivity index (χ0n) is 11.3. The van der Waals surface area contributed by atoms with Crippen LogP contribution in [0.25, 0.3) is 10.9 Å². The minimum Gasteiger partial charge on any atom is -0.466 e. The summed E-state index contributed by atoms with van der Waals surface area (Å²) >= 11 is 0. The molecule has 100 valence electrons. The van der Waals surface area contributed by atoms with Gasteiger partial charge in [-0.05, 0) is 54.8 Å². The van der Waals surface area contributed by atoms with Crippen molar-refractivity contribution in [3.8, 4) is 0 Å². The number of hydrogen-bond donors (Lipinski definition) is 0. The third kappa shape index (κ3) is 2.65. The second kappa shape index (κ2) is 5.08. The van der Waals surface area contributed by atoms with E-state index >= 15 is 0 Å². The van der Waals surface area contributed by atoms with Gasteiger partial charge in [-0.1, -0.05) is 6.07 Å². The Balaban J connectivity index is 1.75. The Morgan fingerprint density at radius 2 is 2.21 bits per heavy atom. The Morgan fingerprint density at radius 1 is 1.37 bits per heavy atom. The summed E-state index contributed by atoms with van der Waals surface area (Å²) in [5, 5.41) is 1.27. The van der Waals surface area contributed by atoms with Crippen molar-refractivity contribution in [2.75, 3.05) is 6.61 Å². The molecule has 3 heteroatoms. The molecule has 0 bridgehead atoms. The first-order chi connectivity index (χ1) is 9.28. The predicted octanol–water partition coefficient (Wildman–Crippen LogP) is 3.47. The highest BCUT2D eigenvalue weighted by Gasteiger charge is 2.23. The molecule has 3 rings (SSSR count). The normalized spacial score (nSPS) is 14.8. The number of aromatic nitrogens is 1. The van der Waals surface area contributed by atoms with Crippen molar-refractivity contribution in [1.29, 1.82) is 0 Å². The Bertz CT molecular complexity index is 596. The molecule has 0 aliphatic heterocycles. The molecular formula is C16H19NO2. The van der Waals surface area contributed by atoms with Crippen molar-refractivity contribution in [2.24, 2.45) is 0 Å². The van der Waals surface area contributed by atoms with E-state index in [-0.39, 0.29) is 5.97 Å². The Hall–Kier alpha value is -1.77. The van der Waals surface area contributed by atoms with Gasteiger partial charge in [0.25, 0.3) is 0 Å². The number of carbonyl (C=O) groups excluding carboxylic acids is 1. The number of benzene rings is 1. The van der Waals surface area contributed by atoms with Crippen LogP contribution in [0.15, 0.2) is 30.5 Å². The smallest absolute Gasteiger partial charge is 0.307 e. The summed E-state index contributed by atoms with van der Waals surface area (Å²) in [4.78, 5) is 11.4. The highest BCUT2D eigenvalue weighted by Crippen LogP contribution is 2.40. The van der Waals surface area contributed by atoms with E-state index in [1.165, 1.54) is 29.3 Å². The van der Waals surface area contributed by atoms with Gasteiger partial charge >= 0.3 is 5.97 Å². The number of hydrogen-bond acceptors (Lipinski definition) is 2. The third-order valence-corrected chi connectivity index (χ3v) is 3.71. The zero-order chi connectivity index (χ0) is 13.2. The van der Waals surface area contributed by atoms with E-state index in [4.69, 9.17) is 4.74 Å².